The number of alkyl halides is 3. The van der Waals surface area contributed by atoms with Gasteiger partial charge in [-0.1, -0.05) is 24.3 Å². The summed E-state index contributed by atoms with van der Waals surface area (Å²) in [5, 5.41) is 9.83. The van der Waals surface area contributed by atoms with E-state index in [4.69, 9.17) is 9.47 Å². The molecule has 0 amide bonds. The largest absolute Gasteiger partial charge is 0.502 e. The van der Waals surface area contributed by atoms with E-state index in [1.54, 1.807) is 0 Å². The molecule has 0 unspecified atom stereocenters. The molecule has 0 aliphatic heterocycles. The highest BCUT2D eigenvalue weighted by atomic mass is 19.4. The van der Waals surface area contributed by atoms with Gasteiger partial charge in [-0.2, -0.15) is 13.2 Å². The van der Waals surface area contributed by atoms with Crippen molar-refractivity contribution in [1.29, 1.82) is 0 Å². The van der Waals surface area contributed by atoms with E-state index in [1.807, 2.05) is 0 Å². The van der Waals surface area contributed by atoms with Gasteiger partial charge in [0.25, 0.3) is 0 Å². The second-order valence-electron chi connectivity index (χ2n) is 5.01. The van der Waals surface area contributed by atoms with Crippen LogP contribution in [0.15, 0.2) is 42.5 Å². The number of methoxy groups -OCH3 is 2. The van der Waals surface area contributed by atoms with Crippen LogP contribution in [0.1, 0.15) is 21.5 Å². The van der Waals surface area contributed by atoms with E-state index in [0.29, 0.717) is 5.56 Å². The number of rotatable bonds is 5. The van der Waals surface area contributed by atoms with E-state index in [9.17, 15) is 23.1 Å². The quantitative estimate of drug-likeness (QED) is 0.643. The Morgan fingerprint density at radius 3 is 2.16 bits per heavy atom. The summed E-state index contributed by atoms with van der Waals surface area (Å²) < 4.78 is 48.9. The highest BCUT2D eigenvalue weighted by molar-refractivity contribution is 6.08. The summed E-state index contributed by atoms with van der Waals surface area (Å²) in [5.74, 6) is -0.779. The normalized spacial score (nSPS) is 11.6. The zero-order valence-electron chi connectivity index (χ0n) is 13.4. The Labute approximate surface area is 142 Å². The van der Waals surface area contributed by atoms with Crippen LogP contribution in [0, 0.1) is 0 Å². The van der Waals surface area contributed by atoms with Gasteiger partial charge in [-0.25, -0.2) is 0 Å². The third kappa shape index (κ3) is 4.12. The van der Waals surface area contributed by atoms with Crippen molar-refractivity contribution in [2.75, 3.05) is 14.2 Å². The fourth-order valence-electron chi connectivity index (χ4n) is 2.22. The molecule has 0 bridgehead atoms. The molecule has 0 aromatic heterocycles. The zero-order chi connectivity index (χ0) is 18.6. The Balaban J connectivity index is 2.36. The van der Waals surface area contributed by atoms with E-state index < -0.39 is 23.1 Å². The van der Waals surface area contributed by atoms with Gasteiger partial charge in [0.1, 0.15) is 0 Å². The molecule has 0 atom stereocenters. The highest BCUT2D eigenvalue weighted by Gasteiger charge is 2.34. The minimum Gasteiger partial charge on any atom is -0.502 e. The summed E-state index contributed by atoms with van der Waals surface area (Å²) in [7, 11) is 2.68. The molecule has 0 aliphatic carbocycles. The summed E-state index contributed by atoms with van der Waals surface area (Å²) in [6, 6.07) is 7.41. The first-order chi connectivity index (χ1) is 11.8. The number of benzene rings is 2. The lowest BCUT2D eigenvalue weighted by atomic mass is 10.0. The number of halogens is 3. The molecular weight excluding hydrogens is 337 g/mol. The van der Waals surface area contributed by atoms with Gasteiger partial charge in [0.2, 0.25) is 5.75 Å². The molecule has 0 spiro atoms. The van der Waals surface area contributed by atoms with Crippen molar-refractivity contribution in [2.45, 2.75) is 6.18 Å². The molecule has 0 aliphatic rings. The molecule has 4 nitrogen and oxygen atoms in total. The Hall–Kier alpha value is -2.96. The Morgan fingerprint density at radius 1 is 1.08 bits per heavy atom. The summed E-state index contributed by atoms with van der Waals surface area (Å²) in [6.07, 6.45) is -2.28. The van der Waals surface area contributed by atoms with E-state index in [2.05, 4.69) is 0 Å². The molecule has 1 N–H and O–H groups in total. The van der Waals surface area contributed by atoms with Crippen molar-refractivity contribution in [3.63, 3.8) is 0 Å². The first-order valence-electron chi connectivity index (χ1n) is 7.11. The van der Waals surface area contributed by atoms with E-state index >= 15 is 0 Å². The second-order valence-corrected chi connectivity index (χ2v) is 5.01. The van der Waals surface area contributed by atoms with Crippen molar-refractivity contribution in [2.24, 2.45) is 0 Å². The zero-order valence-corrected chi connectivity index (χ0v) is 13.4. The maximum atomic E-state index is 13.0. The van der Waals surface area contributed by atoms with Crippen LogP contribution in [-0.4, -0.2) is 25.1 Å². The number of ether oxygens (including phenoxy) is 2. The fourth-order valence-corrected chi connectivity index (χ4v) is 2.22. The van der Waals surface area contributed by atoms with Crippen LogP contribution in [0.4, 0.5) is 13.2 Å². The molecule has 2 aromatic rings. The molecule has 0 radical (unpaired) electrons. The van der Waals surface area contributed by atoms with Crippen LogP contribution in [-0.2, 0) is 6.18 Å². The van der Waals surface area contributed by atoms with Gasteiger partial charge < -0.3 is 14.6 Å². The number of hydrogen-bond acceptors (Lipinski definition) is 4. The van der Waals surface area contributed by atoms with Crippen LogP contribution in [0.2, 0.25) is 0 Å². The molecule has 25 heavy (non-hydrogen) atoms. The number of allylic oxidation sites excluding steroid dienone is 1. The minimum absolute atomic E-state index is 0.113. The van der Waals surface area contributed by atoms with Crippen molar-refractivity contribution < 1.29 is 32.5 Å². The second kappa shape index (κ2) is 7.29. The average Bonchev–Trinajstić information content (AvgIpc) is 2.59. The first-order valence-corrected chi connectivity index (χ1v) is 7.11. The lowest BCUT2D eigenvalue weighted by Gasteiger charge is -2.10. The van der Waals surface area contributed by atoms with Crippen LogP contribution in [0.5, 0.6) is 17.2 Å². The summed E-state index contributed by atoms with van der Waals surface area (Å²) in [4.78, 5) is 12.2. The molecule has 0 heterocycles. The van der Waals surface area contributed by atoms with Gasteiger partial charge in [-0.15, -0.1) is 0 Å². The Kier molecular flexibility index (Phi) is 5.36. The van der Waals surface area contributed by atoms with Crippen molar-refractivity contribution in [1.82, 2.24) is 0 Å². The van der Waals surface area contributed by atoms with Gasteiger partial charge in [0.15, 0.2) is 17.3 Å². The minimum atomic E-state index is -4.62. The van der Waals surface area contributed by atoms with Gasteiger partial charge in [0.05, 0.1) is 19.8 Å². The maximum absolute atomic E-state index is 13.0. The van der Waals surface area contributed by atoms with Crippen LogP contribution >= 0.6 is 0 Å². The molecule has 2 rings (SSSR count). The van der Waals surface area contributed by atoms with E-state index in [-0.39, 0.29) is 17.2 Å². The van der Waals surface area contributed by atoms with Crippen molar-refractivity contribution in [3.8, 4) is 17.2 Å². The molecule has 0 saturated carbocycles. The SMILES string of the molecule is COc1cc(C=CC(=O)c2ccccc2C(F)(F)F)cc(OC)c1O. The smallest absolute Gasteiger partial charge is 0.417 e. The standard InChI is InChI=1S/C18H15F3O4/c1-24-15-9-11(10-16(25-2)17(15)23)7-8-14(22)12-5-3-4-6-13(12)18(19,20)21/h3-10,23H,1-2H3. The predicted octanol–water partition coefficient (Wildman–Crippen LogP) is 4.32. The highest BCUT2D eigenvalue weighted by Crippen LogP contribution is 2.37. The van der Waals surface area contributed by atoms with Gasteiger partial charge in [0, 0.05) is 5.56 Å². The molecule has 2 aromatic carbocycles. The summed E-state index contributed by atoms with van der Waals surface area (Å²) in [5.41, 5.74) is -1.01. The first kappa shape index (κ1) is 18.4. The Bertz CT molecular complexity index is 785. The van der Waals surface area contributed by atoms with Gasteiger partial charge >= 0.3 is 6.18 Å². The molecule has 0 fully saturated rings. The molecule has 0 saturated heterocycles. The molecule has 7 heteroatoms. The average molecular weight is 352 g/mol. The van der Waals surface area contributed by atoms with Gasteiger partial charge in [-0.05, 0) is 29.8 Å². The van der Waals surface area contributed by atoms with Gasteiger partial charge in [-0.3, -0.25) is 4.79 Å². The number of phenolic OH excluding ortho intramolecular Hbond substituents is 1. The number of ketones is 1. The van der Waals surface area contributed by atoms with E-state index in [0.717, 1.165) is 18.2 Å². The lowest BCUT2D eigenvalue weighted by molar-refractivity contribution is -0.137. The van der Waals surface area contributed by atoms with Crippen molar-refractivity contribution >= 4 is 11.9 Å². The fraction of sp³-hybridized carbons (Fsp3) is 0.167. The molecule has 132 valence electrons. The van der Waals surface area contributed by atoms with Crippen LogP contribution < -0.4 is 9.47 Å². The number of hydrogen-bond donors (Lipinski definition) is 1. The maximum Gasteiger partial charge on any atom is 0.417 e. The predicted molar refractivity (Wildman–Crippen MR) is 86.0 cm³/mol. The monoisotopic (exact) mass is 352 g/mol. The van der Waals surface area contributed by atoms with Crippen molar-refractivity contribution in [3.05, 3.63) is 59.2 Å². The number of carbonyl (C=O) groups is 1. The number of carbonyl (C=O) groups excluding carboxylic acids is 1. The topological polar surface area (TPSA) is 55.8 Å². The van der Waals surface area contributed by atoms with Crippen LogP contribution in [0.3, 0.4) is 0 Å². The third-order valence-electron chi connectivity index (χ3n) is 3.43. The summed E-state index contributed by atoms with van der Waals surface area (Å²) in [6.45, 7) is 0. The molecular formula is C18H15F3O4. The number of aromatic hydroxyl groups is 1. The third-order valence-corrected chi connectivity index (χ3v) is 3.43. The Morgan fingerprint density at radius 2 is 1.64 bits per heavy atom. The summed E-state index contributed by atoms with van der Waals surface area (Å²) >= 11 is 0. The lowest BCUT2D eigenvalue weighted by Crippen LogP contribution is -2.11. The van der Waals surface area contributed by atoms with E-state index in [1.165, 1.54) is 44.6 Å². The van der Waals surface area contributed by atoms with Crippen LogP contribution in [0.25, 0.3) is 6.08 Å². The number of phenols is 1.